The van der Waals surface area contributed by atoms with Gasteiger partial charge in [-0.1, -0.05) is 0 Å². The average molecular weight is 290 g/mol. The molecule has 1 fully saturated rings. The highest BCUT2D eigenvalue weighted by atomic mass is 16.5. The summed E-state index contributed by atoms with van der Waals surface area (Å²) < 4.78 is 10.1. The molecule has 8 heteroatoms. The van der Waals surface area contributed by atoms with E-state index in [1.807, 2.05) is 0 Å². The largest absolute Gasteiger partial charge is 0.480 e. The van der Waals surface area contributed by atoms with Crippen molar-refractivity contribution in [2.75, 3.05) is 40.0 Å². The van der Waals surface area contributed by atoms with E-state index >= 15 is 0 Å². The highest BCUT2D eigenvalue weighted by Crippen LogP contribution is 2.06. The standard InChI is InChI=1S/C12H22N2O6/c1-19-5-2-3-10(11(16)17)13-12(18)14-4-6-20-9(7-14)8-15/h9-10,15H,2-8H2,1H3,(H,13,18)(H,16,17). The molecule has 3 N–H and O–H groups in total. The summed E-state index contributed by atoms with van der Waals surface area (Å²) in [5.74, 6) is -1.07. The van der Waals surface area contributed by atoms with Crippen LogP contribution in [0.1, 0.15) is 12.8 Å². The fourth-order valence-electron chi connectivity index (χ4n) is 1.94. The van der Waals surface area contributed by atoms with Crippen LogP contribution in [0, 0.1) is 0 Å². The summed E-state index contributed by atoms with van der Waals surface area (Å²) >= 11 is 0. The van der Waals surface area contributed by atoms with Crippen LogP contribution in [-0.4, -0.2) is 79.3 Å². The van der Waals surface area contributed by atoms with Gasteiger partial charge >= 0.3 is 12.0 Å². The zero-order chi connectivity index (χ0) is 15.0. The molecule has 116 valence electrons. The molecule has 0 aliphatic carbocycles. The van der Waals surface area contributed by atoms with Gasteiger partial charge in [-0.15, -0.1) is 0 Å². The molecule has 0 aromatic carbocycles. The van der Waals surface area contributed by atoms with Crippen LogP contribution in [0.25, 0.3) is 0 Å². The van der Waals surface area contributed by atoms with Gasteiger partial charge in [0.1, 0.15) is 6.04 Å². The highest BCUT2D eigenvalue weighted by molar-refractivity contribution is 5.82. The zero-order valence-corrected chi connectivity index (χ0v) is 11.6. The Bertz CT molecular complexity index is 325. The number of aliphatic hydroxyl groups excluding tert-OH is 1. The number of ether oxygens (including phenoxy) is 2. The maximum atomic E-state index is 12.0. The lowest BCUT2D eigenvalue weighted by atomic mass is 10.1. The second-order valence-corrected chi connectivity index (χ2v) is 4.60. The third-order valence-electron chi connectivity index (χ3n) is 3.07. The van der Waals surface area contributed by atoms with E-state index in [2.05, 4.69) is 5.32 Å². The lowest BCUT2D eigenvalue weighted by molar-refractivity contribution is -0.139. The van der Waals surface area contributed by atoms with Crippen LogP contribution in [0.3, 0.4) is 0 Å². The van der Waals surface area contributed by atoms with Crippen molar-refractivity contribution in [1.82, 2.24) is 10.2 Å². The number of carboxylic acid groups (broad SMARTS) is 1. The number of aliphatic hydroxyl groups is 1. The summed E-state index contributed by atoms with van der Waals surface area (Å²) in [4.78, 5) is 24.5. The number of aliphatic carboxylic acids is 1. The molecule has 2 unspecified atom stereocenters. The summed E-state index contributed by atoms with van der Waals surface area (Å²) in [7, 11) is 1.54. The SMILES string of the molecule is COCCCC(NC(=O)N1CCOC(CO)C1)C(=O)O. The quantitative estimate of drug-likeness (QED) is 0.533. The number of carboxylic acids is 1. The second kappa shape index (κ2) is 8.72. The molecule has 0 radical (unpaired) electrons. The Hall–Kier alpha value is -1.38. The van der Waals surface area contributed by atoms with Gasteiger partial charge < -0.3 is 29.9 Å². The first-order valence-corrected chi connectivity index (χ1v) is 6.58. The first-order chi connectivity index (χ1) is 9.58. The Balaban J connectivity index is 2.46. The molecule has 20 heavy (non-hydrogen) atoms. The minimum Gasteiger partial charge on any atom is -0.480 e. The first-order valence-electron chi connectivity index (χ1n) is 6.58. The lowest BCUT2D eigenvalue weighted by Crippen LogP contribution is -2.53. The molecule has 1 saturated heterocycles. The number of nitrogens with zero attached hydrogens (tertiary/aromatic N) is 1. The molecule has 0 aromatic heterocycles. The molecular weight excluding hydrogens is 268 g/mol. The molecule has 8 nitrogen and oxygen atoms in total. The minimum atomic E-state index is -1.07. The predicted octanol–water partition coefficient (Wildman–Crippen LogP) is -0.731. The Kier molecular flexibility index (Phi) is 7.27. The summed E-state index contributed by atoms with van der Waals surface area (Å²) in [6, 6.07) is -1.38. The Morgan fingerprint density at radius 3 is 2.90 bits per heavy atom. The first kappa shape index (κ1) is 16.7. The minimum absolute atomic E-state index is 0.167. The third kappa shape index (κ3) is 5.32. The zero-order valence-electron chi connectivity index (χ0n) is 11.6. The monoisotopic (exact) mass is 290 g/mol. The highest BCUT2D eigenvalue weighted by Gasteiger charge is 2.27. The number of carbonyl (C=O) groups excluding carboxylic acids is 1. The maximum Gasteiger partial charge on any atom is 0.326 e. The molecule has 1 heterocycles. The normalized spacial score (nSPS) is 20.5. The molecule has 0 spiro atoms. The van der Waals surface area contributed by atoms with Crippen molar-refractivity contribution >= 4 is 12.0 Å². The van der Waals surface area contributed by atoms with Gasteiger partial charge in [0.25, 0.3) is 0 Å². The number of nitrogens with one attached hydrogen (secondary N) is 1. The molecule has 0 aromatic rings. The number of methoxy groups -OCH3 is 1. The van der Waals surface area contributed by atoms with Crippen LogP contribution in [-0.2, 0) is 14.3 Å². The molecule has 0 saturated carbocycles. The number of hydrogen-bond acceptors (Lipinski definition) is 5. The molecule has 2 amide bonds. The number of hydrogen-bond donors (Lipinski definition) is 3. The summed E-state index contributed by atoms with van der Waals surface area (Å²) in [6.07, 6.45) is 0.449. The van der Waals surface area contributed by atoms with Crippen molar-refractivity contribution in [3.8, 4) is 0 Å². The van der Waals surface area contributed by atoms with Gasteiger partial charge in [-0.3, -0.25) is 0 Å². The van der Waals surface area contributed by atoms with E-state index in [1.165, 1.54) is 12.0 Å². The average Bonchev–Trinajstić information content (AvgIpc) is 2.46. The van der Waals surface area contributed by atoms with Gasteiger partial charge in [-0.25, -0.2) is 9.59 Å². The molecule has 1 rings (SSSR count). The third-order valence-corrected chi connectivity index (χ3v) is 3.07. The second-order valence-electron chi connectivity index (χ2n) is 4.60. The topological polar surface area (TPSA) is 108 Å². The van der Waals surface area contributed by atoms with Gasteiger partial charge in [0.05, 0.1) is 25.9 Å². The number of morpholine rings is 1. The fourth-order valence-corrected chi connectivity index (χ4v) is 1.94. The van der Waals surface area contributed by atoms with Gasteiger partial charge in [0.15, 0.2) is 0 Å². The fraction of sp³-hybridized carbons (Fsp3) is 0.833. The van der Waals surface area contributed by atoms with E-state index in [-0.39, 0.29) is 13.2 Å². The van der Waals surface area contributed by atoms with Gasteiger partial charge in [-0.2, -0.15) is 0 Å². The summed E-state index contributed by atoms with van der Waals surface area (Å²) in [5.41, 5.74) is 0. The predicted molar refractivity (Wildman–Crippen MR) is 69.5 cm³/mol. The van der Waals surface area contributed by atoms with E-state index in [1.54, 1.807) is 0 Å². The van der Waals surface area contributed by atoms with Crippen molar-refractivity contribution in [2.24, 2.45) is 0 Å². The van der Waals surface area contributed by atoms with E-state index in [0.29, 0.717) is 32.6 Å². The van der Waals surface area contributed by atoms with Crippen LogP contribution >= 0.6 is 0 Å². The molecule has 2 atom stereocenters. The van der Waals surface area contributed by atoms with Gasteiger partial charge in [0.2, 0.25) is 0 Å². The lowest BCUT2D eigenvalue weighted by Gasteiger charge is -2.32. The summed E-state index contributed by atoms with van der Waals surface area (Å²) in [5, 5.41) is 20.6. The molecule has 1 aliphatic rings. The van der Waals surface area contributed by atoms with E-state index < -0.39 is 24.1 Å². The van der Waals surface area contributed by atoms with Crippen LogP contribution in [0.2, 0.25) is 0 Å². The van der Waals surface area contributed by atoms with Gasteiger partial charge in [0, 0.05) is 20.3 Å². The van der Waals surface area contributed by atoms with E-state index in [4.69, 9.17) is 19.7 Å². The molecular formula is C12H22N2O6. The molecule has 1 aliphatic heterocycles. The Morgan fingerprint density at radius 1 is 1.55 bits per heavy atom. The van der Waals surface area contributed by atoms with Crippen molar-refractivity contribution in [2.45, 2.75) is 25.0 Å². The number of carbonyl (C=O) groups is 2. The Labute approximate surface area is 117 Å². The van der Waals surface area contributed by atoms with Crippen molar-refractivity contribution in [3.05, 3.63) is 0 Å². The van der Waals surface area contributed by atoms with E-state index in [9.17, 15) is 9.59 Å². The number of rotatable bonds is 7. The summed E-state index contributed by atoms with van der Waals surface area (Å²) in [6.45, 7) is 1.25. The van der Waals surface area contributed by atoms with Crippen molar-refractivity contribution in [1.29, 1.82) is 0 Å². The van der Waals surface area contributed by atoms with Crippen LogP contribution in [0.5, 0.6) is 0 Å². The maximum absolute atomic E-state index is 12.0. The van der Waals surface area contributed by atoms with Crippen molar-refractivity contribution in [3.63, 3.8) is 0 Å². The smallest absolute Gasteiger partial charge is 0.326 e. The Morgan fingerprint density at radius 2 is 2.30 bits per heavy atom. The van der Waals surface area contributed by atoms with Crippen molar-refractivity contribution < 1.29 is 29.3 Å². The number of urea groups is 1. The van der Waals surface area contributed by atoms with Gasteiger partial charge in [-0.05, 0) is 12.8 Å². The molecule has 0 bridgehead atoms. The van der Waals surface area contributed by atoms with E-state index in [0.717, 1.165) is 0 Å². The van der Waals surface area contributed by atoms with Crippen LogP contribution in [0.4, 0.5) is 4.79 Å². The van der Waals surface area contributed by atoms with Crippen LogP contribution < -0.4 is 5.32 Å². The van der Waals surface area contributed by atoms with Crippen LogP contribution in [0.15, 0.2) is 0 Å². The number of amides is 2.